The molecule has 6 fully saturated rings. The first kappa shape index (κ1) is 61.4. The maximum atomic E-state index is 12.7. The number of hydrogen-bond acceptors (Lipinski definition) is 12. The van der Waals surface area contributed by atoms with E-state index in [0.29, 0.717) is 23.9 Å². The van der Waals surface area contributed by atoms with Gasteiger partial charge in [-0.15, -0.1) is 108 Å². The zero-order valence-corrected chi connectivity index (χ0v) is 48.3. The average molecular weight is 1290 g/mol. The molecular formula is C44H69Br5N12O4S2. The maximum Gasteiger partial charge on any atom is 0.240 e. The van der Waals surface area contributed by atoms with E-state index in [2.05, 4.69) is 114 Å². The molecule has 6 aliphatic heterocycles. The summed E-state index contributed by atoms with van der Waals surface area (Å²) in [7, 11) is 0. The van der Waals surface area contributed by atoms with Gasteiger partial charge in [-0.05, 0) is 51.0 Å². The molecule has 2 aromatic carbocycles. The van der Waals surface area contributed by atoms with Crippen LogP contribution in [0.2, 0.25) is 0 Å². The van der Waals surface area contributed by atoms with Crippen LogP contribution < -0.4 is 20.4 Å². The number of thioether (sulfide) groups is 2. The topological polar surface area (TPSA) is 176 Å². The molecule has 16 nitrogen and oxygen atoms in total. The lowest BCUT2D eigenvalue weighted by molar-refractivity contribution is -0.132. The van der Waals surface area contributed by atoms with Crippen LogP contribution in [0.5, 0.6) is 0 Å². The molecule has 0 saturated carbocycles. The van der Waals surface area contributed by atoms with E-state index in [0.717, 1.165) is 137 Å². The second-order valence-corrected chi connectivity index (χ2v) is 19.0. The van der Waals surface area contributed by atoms with Gasteiger partial charge in [0.15, 0.2) is 0 Å². The number of hydrogen-bond donors (Lipinski definition) is 2. The SMILES string of the molecule is Br.Br.Br.Br.Br.Cc1cc(N2CCN([C@@H]3CN[C@H](C(=O)N4CCSC4)C3)CC2)n(-c2ccccc2)n1.Cc1cc(N2CCN([C@@H]3CN[C@H](C(=O)N4CCSC4)C3)CC2)n(-c2ccccc2)n1.O.O. The normalized spacial score (nSPS) is 22.6. The van der Waals surface area contributed by atoms with Gasteiger partial charge >= 0.3 is 0 Å². The van der Waals surface area contributed by atoms with Crippen LogP contribution in [0, 0.1) is 13.8 Å². The van der Waals surface area contributed by atoms with Gasteiger partial charge < -0.3 is 41.2 Å². The Morgan fingerprint density at radius 2 is 0.896 bits per heavy atom. The summed E-state index contributed by atoms with van der Waals surface area (Å²) in [4.78, 5) is 39.4. The Labute approximate surface area is 456 Å². The standard InChI is InChI=1S/2C22H30N6OS.5BrH.2H2O/c2*1-17-13-21(28(24-17)18-5-3-2-4-6-18)26-9-7-25(8-10-26)19-14-20(23-15-19)22(29)27-11-12-30-16-27;;;;;;;/h2*2-6,13,19-20,23H,7-12,14-16H2,1H3;5*1H;2*1H2/t2*19-,20-;;;;;;;/m00......./s1. The van der Waals surface area contributed by atoms with Crippen molar-refractivity contribution in [2.75, 3.05) is 112 Å². The van der Waals surface area contributed by atoms with Crippen molar-refractivity contribution >= 4 is 132 Å². The molecule has 0 spiro atoms. The van der Waals surface area contributed by atoms with E-state index < -0.39 is 0 Å². The summed E-state index contributed by atoms with van der Waals surface area (Å²) in [5, 5.41) is 16.4. The van der Waals surface area contributed by atoms with Gasteiger partial charge in [0, 0.05) is 114 Å². The highest BCUT2D eigenvalue weighted by Gasteiger charge is 2.38. The van der Waals surface area contributed by atoms with Crippen LogP contribution in [-0.2, 0) is 9.59 Å². The zero-order valence-electron chi connectivity index (χ0n) is 38.1. The number of para-hydroxylation sites is 2. The minimum atomic E-state index is -0.00566. The van der Waals surface area contributed by atoms with E-state index in [9.17, 15) is 9.59 Å². The van der Waals surface area contributed by atoms with Crippen molar-refractivity contribution in [2.45, 2.75) is 50.9 Å². The van der Waals surface area contributed by atoms with Crippen molar-refractivity contribution in [1.29, 1.82) is 0 Å². The molecule has 0 aliphatic carbocycles. The summed E-state index contributed by atoms with van der Waals surface area (Å²) in [6, 6.07) is 26.0. The van der Waals surface area contributed by atoms with Gasteiger partial charge in [0.25, 0.3) is 0 Å². The van der Waals surface area contributed by atoms with Gasteiger partial charge in [0.1, 0.15) is 11.6 Å². The summed E-state index contributed by atoms with van der Waals surface area (Å²) in [5.41, 5.74) is 4.28. The third-order valence-electron chi connectivity index (χ3n) is 12.9. The Balaban J connectivity index is 0.000000417. The van der Waals surface area contributed by atoms with Gasteiger partial charge in [0.2, 0.25) is 11.8 Å². The molecule has 23 heteroatoms. The fourth-order valence-corrected chi connectivity index (χ4v) is 11.5. The van der Waals surface area contributed by atoms with Crippen LogP contribution in [0.15, 0.2) is 72.8 Å². The summed E-state index contributed by atoms with van der Waals surface area (Å²) >= 11 is 3.70. The largest absolute Gasteiger partial charge is 0.412 e. The molecular weight excluding hydrogens is 1220 g/mol. The highest BCUT2D eigenvalue weighted by molar-refractivity contribution is 8.93. The molecule has 10 rings (SSSR count). The van der Waals surface area contributed by atoms with Gasteiger partial charge in [-0.2, -0.15) is 10.2 Å². The van der Waals surface area contributed by atoms with E-state index >= 15 is 0 Å². The number of amides is 2. The fourth-order valence-electron chi connectivity index (χ4n) is 9.56. The predicted molar refractivity (Wildman–Crippen MR) is 301 cm³/mol. The lowest BCUT2D eigenvalue weighted by atomic mass is 10.1. The highest BCUT2D eigenvalue weighted by atomic mass is 79.9. The number of benzene rings is 2. The molecule has 67 heavy (non-hydrogen) atoms. The molecule has 6 aliphatic rings. The predicted octanol–water partition coefficient (Wildman–Crippen LogP) is 4.37. The Morgan fingerprint density at radius 1 is 0.537 bits per heavy atom. The summed E-state index contributed by atoms with van der Waals surface area (Å²) in [6.45, 7) is 15.8. The first-order valence-electron chi connectivity index (χ1n) is 21.8. The first-order valence-corrected chi connectivity index (χ1v) is 24.1. The minimum Gasteiger partial charge on any atom is -0.412 e. The highest BCUT2D eigenvalue weighted by Crippen LogP contribution is 2.27. The van der Waals surface area contributed by atoms with E-state index in [1.165, 1.54) is 11.6 Å². The van der Waals surface area contributed by atoms with Gasteiger partial charge in [-0.25, -0.2) is 9.36 Å². The van der Waals surface area contributed by atoms with Crippen LogP contribution in [0.4, 0.5) is 11.6 Å². The molecule has 6 saturated heterocycles. The fraction of sp³-hybridized carbons (Fsp3) is 0.545. The van der Waals surface area contributed by atoms with Gasteiger partial charge in [-0.1, -0.05) is 36.4 Å². The van der Waals surface area contributed by atoms with Crippen molar-refractivity contribution in [3.8, 4) is 11.4 Å². The lowest BCUT2D eigenvalue weighted by Crippen LogP contribution is -2.51. The number of carbonyl (C=O) groups excluding carboxylic acids is 2. The third kappa shape index (κ3) is 14.7. The monoisotopic (exact) mass is 1290 g/mol. The first-order chi connectivity index (χ1) is 29.4. The number of halogens is 5. The van der Waals surface area contributed by atoms with E-state index in [-0.39, 0.29) is 108 Å². The molecule has 6 N–H and O–H groups in total. The summed E-state index contributed by atoms with van der Waals surface area (Å²) in [5.74, 6) is 6.78. The van der Waals surface area contributed by atoms with E-state index in [1.54, 1.807) is 0 Å². The molecule has 8 heterocycles. The third-order valence-corrected chi connectivity index (χ3v) is 14.8. The number of carbonyl (C=O) groups is 2. The number of nitrogens with zero attached hydrogens (tertiary/aromatic N) is 10. The number of piperazine rings is 2. The van der Waals surface area contributed by atoms with Crippen LogP contribution in [-0.4, -0.2) is 188 Å². The number of anilines is 2. The van der Waals surface area contributed by atoms with Crippen LogP contribution in [0.1, 0.15) is 24.2 Å². The quantitative estimate of drug-likeness (QED) is 0.255. The van der Waals surface area contributed by atoms with Crippen LogP contribution >= 0.6 is 108 Å². The van der Waals surface area contributed by atoms with E-state index in [1.807, 2.05) is 45.5 Å². The lowest BCUT2D eigenvalue weighted by Gasteiger charge is -2.38. The molecule has 4 aromatic rings. The summed E-state index contributed by atoms with van der Waals surface area (Å²) in [6.07, 6.45) is 1.86. The Hall–Kier alpha value is -1.74. The van der Waals surface area contributed by atoms with Gasteiger partial charge in [-0.3, -0.25) is 19.4 Å². The molecule has 2 aromatic heterocycles. The number of nitrogens with one attached hydrogen (secondary N) is 2. The maximum absolute atomic E-state index is 12.7. The van der Waals surface area contributed by atoms with Gasteiger partial charge in [0.05, 0.1) is 46.6 Å². The Bertz CT molecular complexity index is 1930. The number of aryl methyl sites for hydroxylation is 2. The molecule has 0 unspecified atom stereocenters. The molecule has 4 atom stereocenters. The number of aromatic nitrogens is 4. The van der Waals surface area contributed by atoms with E-state index in [4.69, 9.17) is 10.2 Å². The number of rotatable bonds is 8. The summed E-state index contributed by atoms with van der Waals surface area (Å²) < 4.78 is 4.12. The smallest absolute Gasteiger partial charge is 0.240 e. The zero-order chi connectivity index (χ0) is 41.0. The van der Waals surface area contributed by atoms with Crippen molar-refractivity contribution in [1.82, 2.24) is 49.8 Å². The second kappa shape index (κ2) is 28.9. The minimum absolute atomic E-state index is 0. The van der Waals surface area contributed by atoms with Crippen molar-refractivity contribution < 1.29 is 20.5 Å². The van der Waals surface area contributed by atoms with Crippen molar-refractivity contribution in [2.24, 2.45) is 0 Å². The Morgan fingerprint density at radius 3 is 1.22 bits per heavy atom. The second-order valence-electron chi connectivity index (χ2n) is 16.8. The molecule has 0 radical (unpaired) electrons. The van der Waals surface area contributed by atoms with Crippen LogP contribution in [0.3, 0.4) is 0 Å². The van der Waals surface area contributed by atoms with Crippen LogP contribution in [0.25, 0.3) is 11.4 Å². The Kier molecular flexibility index (Phi) is 26.5. The van der Waals surface area contributed by atoms with Crippen molar-refractivity contribution in [3.05, 3.63) is 84.2 Å². The molecule has 2 amide bonds. The molecule has 0 bridgehead atoms. The van der Waals surface area contributed by atoms with Crippen molar-refractivity contribution in [3.63, 3.8) is 0 Å². The average Bonchev–Trinajstić information content (AvgIpc) is 4.16. The molecule has 376 valence electrons.